The number of thiazole rings is 1. The molecule has 0 fully saturated rings. The van der Waals surface area contributed by atoms with Crippen molar-refractivity contribution in [3.63, 3.8) is 0 Å². The van der Waals surface area contributed by atoms with Crippen LogP contribution in [0.25, 0.3) is 121 Å². The molecule has 0 bridgehead atoms. The standard InChI is InChI=1S/C66H45N3OS.C6H6/c1-3-44(54-40-41-59(48-17-7-4-8-18-48)68-62(54)50-21-11-6-12-22-50)29-28-43(2)52-38-39-55(46-32-30-45(31-33-46)53-26-16-42-67-61(53)49-19-9-5-10-20-49)63-65(52)71-66(69-63)51-36-34-47(35-37-51)56-24-15-25-58-57-23-13-14-27-60(57)70-64(56)58;1-2-4-6-5-3-1/h3-42H,1H2,2H3;1-6H/b43-28+,44-29+;. The molecule has 4 aromatic heterocycles. The van der Waals surface area contributed by atoms with Crippen LogP contribution >= 0.6 is 11.3 Å². The maximum absolute atomic E-state index is 6.42. The van der Waals surface area contributed by atoms with Gasteiger partial charge in [-0.3, -0.25) is 4.98 Å². The van der Waals surface area contributed by atoms with Gasteiger partial charge in [0.25, 0.3) is 0 Å². The predicted octanol–water partition coefficient (Wildman–Crippen LogP) is 20.0. The fourth-order valence-corrected chi connectivity index (χ4v) is 11.1. The van der Waals surface area contributed by atoms with Crippen LogP contribution in [-0.2, 0) is 0 Å². The fraction of sp³-hybridized carbons (Fsp3) is 0.0139. The summed E-state index contributed by atoms with van der Waals surface area (Å²) >= 11 is 1.73. The summed E-state index contributed by atoms with van der Waals surface area (Å²) in [6, 6.07) is 88.1. The molecule has 0 N–H and O–H groups in total. The smallest absolute Gasteiger partial charge is 0.143 e. The number of allylic oxidation sites excluding steroid dienone is 5. The Bertz CT molecular complexity index is 4230. The van der Waals surface area contributed by atoms with E-state index in [-0.39, 0.29) is 0 Å². The van der Waals surface area contributed by atoms with Gasteiger partial charge in [-0.15, -0.1) is 11.3 Å². The van der Waals surface area contributed by atoms with Crippen LogP contribution in [0.15, 0.2) is 290 Å². The summed E-state index contributed by atoms with van der Waals surface area (Å²) in [5.41, 5.74) is 20.6. The number of aromatic nitrogens is 3. The first-order valence-electron chi connectivity index (χ1n) is 25.8. The quantitative estimate of drug-likeness (QED) is 0.121. The largest absolute Gasteiger partial charge is 0.455 e. The second kappa shape index (κ2) is 22.0. The molecule has 4 heterocycles. The molecule has 13 rings (SSSR count). The van der Waals surface area contributed by atoms with Crippen molar-refractivity contribution in [2.24, 2.45) is 0 Å². The molecule has 0 unspecified atom stereocenters. The average Bonchev–Trinajstić information content (AvgIpc) is 4.18. The molecule has 0 saturated heterocycles. The van der Waals surface area contributed by atoms with Gasteiger partial charge in [-0.2, -0.15) is 0 Å². The van der Waals surface area contributed by atoms with Crippen molar-refractivity contribution in [3.05, 3.63) is 297 Å². The highest BCUT2D eigenvalue weighted by Crippen LogP contribution is 2.43. The maximum atomic E-state index is 6.42. The summed E-state index contributed by atoms with van der Waals surface area (Å²) in [4.78, 5) is 15.5. The summed E-state index contributed by atoms with van der Waals surface area (Å²) in [7, 11) is 0. The van der Waals surface area contributed by atoms with Crippen molar-refractivity contribution in [2.45, 2.75) is 6.92 Å². The second-order valence-electron chi connectivity index (χ2n) is 18.7. The van der Waals surface area contributed by atoms with E-state index in [4.69, 9.17) is 19.4 Å². The number of nitrogens with zero attached hydrogens (tertiary/aromatic N) is 3. The van der Waals surface area contributed by atoms with Crippen molar-refractivity contribution in [2.75, 3.05) is 0 Å². The normalized spacial score (nSPS) is 11.6. The van der Waals surface area contributed by atoms with Crippen LogP contribution in [0.2, 0.25) is 0 Å². The Morgan fingerprint density at radius 2 is 0.974 bits per heavy atom. The van der Waals surface area contributed by atoms with E-state index >= 15 is 0 Å². The highest BCUT2D eigenvalue weighted by molar-refractivity contribution is 7.22. The second-order valence-corrected chi connectivity index (χ2v) is 19.7. The number of para-hydroxylation sites is 2. The van der Waals surface area contributed by atoms with E-state index < -0.39 is 0 Å². The first-order valence-corrected chi connectivity index (χ1v) is 26.6. The number of hydrogen-bond donors (Lipinski definition) is 0. The van der Waals surface area contributed by atoms with Crippen LogP contribution in [0, 0.1) is 0 Å². The molecule has 0 spiro atoms. The van der Waals surface area contributed by atoms with E-state index in [2.05, 4.69) is 196 Å². The molecule has 9 aromatic carbocycles. The van der Waals surface area contributed by atoms with E-state index in [1.165, 1.54) is 0 Å². The fourth-order valence-electron chi connectivity index (χ4n) is 9.97. The number of fused-ring (bicyclic) bond motifs is 4. The lowest BCUT2D eigenvalue weighted by Crippen LogP contribution is -1.95. The van der Waals surface area contributed by atoms with Gasteiger partial charge in [-0.05, 0) is 58.5 Å². The minimum Gasteiger partial charge on any atom is -0.455 e. The Balaban J connectivity index is 0.000000931. The first kappa shape index (κ1) is 48.1. The van der Waals surface area contributed by atoms with E-state index in [0.29, 0.717) is 0 Å². The lowest BCUT2D eigenvalue weighted by atomic mass is 9.95. The molecule has 0 saturated carbocycles. The third kappa shape index (κ3) is 9.99. The highest BCUT2D eigenvalue weighted by Gasteiger charge is 2.19. The number of furan rings is 1. The monoisotopic (exact) mass is 1010 g/mol. The number of hydrogen-bond acceptors (Lipinski definition) is 5. The zero-order valence-corrected chi connectivity index (χ0v) is 43.2. The Morgan fingerprint density at radius 3 is 1.65 bits per heavy atom. The summed E-state index contributed by atoms with van der Waals surface area (Å²) in [5.74, 6) is 0. The van der Waals surface area contributed by atoms with E-state index in [1.807, 2.05) is 97.2 Å². The van der Waals surface area contributed by atoms with Crippen LogP contribution in [-0.4, -0.2) is 15.0 Å². The van der Waals surface area contributed by atoms with Crippen LogP contribution in [0.5, 0.6) is 0 Å². The van der Waals surface area contributed by atoms with Crippen LogP contribution in [0.4, 0.5) is 0 Å². The first-order chi connectivity index (χ1) is 38.1. The van der Waals surface area contributed by atoms with Crippen molar-refractivity contribution in [1.82, 2.24) is 15.0 Å². The molecule has 0 aliphatic heterocycles. The van der Waals surface area contributed by atoms with E-state index in [9.17, 15) is 0 Å². The van der Waals surface area contributed by atoms with Gasteiger partial charge in [-0.1, -0.05) is 261 Å². The Kier molecular flexibility index (Phi) is 13.7. The Labute approximate surface area is 453 Å². The van der Waals surface area contributed by atoms with Gasteiger partial charge in [0.2, 0.25) is 0 Å². The Hall–Kier alpha value is -9.81. The van der Waals surface area contributed by atoms with Crippen LogP contribution < -0.4 is 0 Å². The van der Waals surface area contributed by atoms with Gasteiger partial charge >= 0.3 is 0 Å². The predicted molar refractivity (Wildman–Crippen MR) is 325 cm³/mol. The zero-order valence-electron chi connectivity index (χ0n) is 42.4. The van der Waals surface area contributed by atoms with Crippen molar-refractivity contribution in [3.8, 4) is 77.7 Å². The van der Waals surface area contributed by atoms with Crippen LogP contribution in [0.1, 0.15) is 18.1 Å². The molecule has 0 radical (unpaired) electrons. The summed E-state index contributed by atoms with van der Waals surface area (Å²) < 4.78 is 7.55. The molecule has 0 atom stereocenters. The molecule has 5 heteroatoms. The third-order valence-corrected chi connectivity index (χ3v) is 15.0. The average molecular weight is 1010 g/mol. The molecule has 13 aromatic rings. The molecule has 0 aliphatic rings. The van der Waals surface area contributed by atoms with E-state index in [1.54, 1.807) is 11.3 Å². The van der Waals surface area contributed by atoms with Crippen molar-refractivity contribution in [1.29, 1.82) is 0 Å². The van der Waals surface area contributed by atoms with Gasteiger partial charge in [0, 0.05) is 61.5 Å². The molecule has 0 amide bonds. The molecular weight excluding hydrogens is 955 g/mol. The van der Waals surface area contributed by atoms with Crippen LogP contribution in [0.3, 0.4) is 0 Å². The minimum absolute atomic E-state index is 0.892. The highest BCUT2D eigenvalue weighted by atomic mass is 32.1. The zero-order chi connectivity index (χ0) is 51.9. The summed E-state index contributed by atoms with van der Waals surface area (Å²) in [6.45, 7) is 6.47. The maximum Gasteiger partial charge on any atom is 0.143 e. The number of benzene rings is 9. The molecular formula is C72H51N3OS. The Morgan fingerprint density at radius 1 is 0.429 bits per heavy atom. The van der Waals surface area contributed by atoms with Crippen molar-refractivity contribution < 1.29 is 4.42 Å². The van der Waals surface area contributed by atoms with Gasteiger partial charge in [0.1, 0.15) is 16.2 Å². The van der Waals surface area contributed by atoms with Gasteiger partial charge in [0.05, 0.1) is 27.3 Å². The van der Waals surface area contributed by atoms with Crippen molar-refractivity contribution >= 4 is 54.6 Å². The lowest BCUT2D eigenvalue weighted by Gasteiger charge is -2.13. The summed E-state index contributed by atoms with van der Waals surface area (Å²) in [5, 5.41) is 3.19. The number of rotatable bonds is 11. The topological polar surface area (TPSA) is 51.8 Å². The summed E-state index contributed by atoms with van der Waals surface area (Å²) in [6.07, 6.45) is 8.15. The van der Waals surface area contributed by atoms with Gasteiger partial charge in [0.15, 0.2) is 0 Å². The molecule has 0 aliphatic carbocycles. The molecule has 366 valence electrons. The lowest BCUT2D eigenvalue weighted by molar-refractivity contribution is 0.670. The number of pyridine rings is 2. The molecule has 77 heavy (non-hydrogen) atoms. The SMILES string of the molecule is C=C/C(=C\C=C(/C)c1ccc(-c2ccc(-c3cccnc3-c3ccccc3)cc2)c2nc(-c3ccc(-c4cccc5c4oc4ccccc45)cc3)sc12)c1ccc(-c2ccccc2)nc1-c1ccccc1.c1ccccc1. The minimum atomic E-state index is 0.892. The molecule has 4 nitrogen and oxygen atoms in total. The van der Waals surface area contributed by atoms with E-state index in [0.717, 1.165) is 132 Å². The van der Waals surface area contributed by atoms with Gasteiger partial charge in [-0.25, -0.2) is 9.97 Å². The third-order valence-electron chi connectivity index (χ3n) is 13.9. The van der Waals surface area contributed by atoms with Gasteiger partial charge < -0.3 is 4.42 Å².